The predicted molar refractivity (Wildman–Crippen MR) is 121 cm³/mol. The Hall–Kier alpha value is -0.530. The van der Waals surface area contributed by atoms with Crippen LogP contribution in [0.4, 0.5) is 0 Å². The van der Waals surface area contributed by atoms with Crippen molar-refractivity contribution in [2.24, 2.45) is 0 Å². The number of alkyl halides is 1. The van der Waals surface area contributed by atoms with Crippen LogP contribution in [0, 0.1) is 0 Å². The van der Waals surface area contributed by atoms with E-state index in [1.54, 1.807) is 0 Å². The van der Waals surface area contributed by atoms with Gasteiger partial charge in [0.15, 0.2) is 0 Å². The molecule has 27 heavy (non-hydrogen) atoms. The molecule has 0 aliphatic heterocycles. The molecule has 1 rings (SSSR count). The van der Waals surface area contributed by atoms with Gasteiger partial charge in [0.1, 0.15) is 0 Å². The van der Waals surface area contributed by atoms with Gasteiger partial charge in [-0.05, 0) is 18.4 Å². The second-order valence-electron chi connectivity index (χ2n) is 8.15. The van der Waals surface area contributed by atoms with Crippen molar-refractivity contribution in [2.75, 3.05) is 6.61 Å². The van der Waals surface area contributed by atoms with Crippen molar-refractivity contribution in [3.05, 3.63) is 35.9 Å². The maximum absolute atomic E-state index is 9.39. The molecule has 2 heteroatoms. The van der Waals surface area contributed by atoms with Gasteiger partial charge in [0.05, 0.1) is 4.87 Å². The van der Waals surface area contributed by atoms with Crippen LogP contribution in [0.1, 0.15) is 115 Å². The molecule has 0 bridgehead atoms. The van der Waals surface area contributed by atoms with Gasteiger partial charge in [0.2, 0.25) is 0 Å². The van der Waals surface area contributed by atoms with Crippen LogP contribution in [0.3, 0.4) is 0 Å². The van der Waals surface area contributed by atoms with E-state index in [4.69, 9.17) is 11.6 Å². The van der Waals surface area contributed by atoms with Gasteiger partial charge in [-0.2, -0.15) is 0 Å². The van der Waals surface area contributed by atoms with Crippen LogP contribution in [0.5, 0.6) is 0 Å². The molecular formula is C25H43ClO. The Balaban J connectivity index is 2.00. The Morgan fingerprint density at radius 1 is 0.667 bits per heavy atom. The predicted octanol–water partition coefficient (Wildman–Crippen LogP) is 8.37. The maximum atomic E-state index is 9.39. The largest absolute Gasteiger partial charge is 0.396 e. The molecule has 1 aromatic rings. The molecule has 0 heterocycles. The van der Waals surface area contributed by atoms with Crippen LogP contribution in [0.2, 0.25) is 0 Å². The lowest BCUT2D eigenvalue weighted by Gasteiger charge is -2.27. The summed E-state index contributed by atoms with van der Waals surface area (Å²) in [5, 5.41) is 9.39. The molecule has 1 N–H and O–H groups in total. The molecule has 0 radical (unpaired) electrons. The first kappa shape index (κ1) is 24.5. The fourth-order valence-electron chi connectivity index (χ4n) is 3.93. The number of rotatable bonds is 18. The lowest BCUT2D eigenvalue weighted by Crippen LogP contribution is -2.20. The van der Waals surface area contributed by atoms with E-state index >= 15 is 0 Å². The van der Waals surface area contributed by atoms with E-state index in [1.165, 1.54) is 83.5 Å². The standard InChI is InChI=1S/C25H43ClO/c1-2-3-4-5-6-7-8-9-10-11-12-13-14-18-21-25(26,22-23-27)24-19-16-15-17-20-24/h15-17,19-20,27H,2-14,18,21-23H2,1H3. The molecule has 1 atom stereocenters. The average Bonchev–Trinajstić information content (AvgIpc) is 2.69. The molecule has 1 aromatic carbocycles. The highest BCUT2D eigenvalue weighted by atomic mass is 35.5. The number of halogens is 1. The van der Waals surface area contributed by atoms with Crippen molar-refractivity contribution in [2.45, 2.75) is 115 Å². The molecule has 1 unspecified atom stereocenters. The molecule has 156 valence electrons. The fourth-order valence-corrected chi connectivity index (χ4v) is 4.27. The van der Waals surface area contributed by atoms with E-state index in [-0.39, 0.29) is 6.61 Å². The Morgan fingerprint density at radius 2 is 1.11 bits per heavy atom. The number of hydrogen-bond donors (Lipinski definition) is 1. The molecule has 0 aliphatic carbocycles. The molecule has 0 saturated heterocycles. The summed E-state index contributed by atoms with van der Waals surface area (Å²) in [7, 11) is 0. The van der Waals surface area contributed by atoms with Crippen molar-refractivity contribution in [3.8, 4) is 0 Å². The van der Waals surface area contributed by atoms with Crippen LogP contribution in [-0.2, 0) is 4.87 Å². The SMILES string of the molecule is CCCCCCCCCCCCCCCCC(Cl)(CCO)c1ccccc1. The molecule has 0 fully saturated rings. The van der Waals surface area contributed by atoms with E-state index in [0.29, 0.717) is 6.42 Å². The molecule has 0 spiro atoms. The second-order valence-corrected chi connectivity index (χ2v) is 8.87. The zero-order chi connectivity index (χ0) is 19.6. The number of aliphatic hydroxyl groups excluding tert-OH is 1. The van der Waals surface area contributed by atoms with Crippen LogP contribution in [0.25, 0.3) is 0 Å². The van der Waals surface area contributed by atoms with Gasteiger partial charge < -0.3 is 5.11 Å². The molecule has 0 amide bonds. The van der Waals surface area contributed by atoms with Crippen molar-refractivity contribution in [1.29, 1.82) is 0 Å². The van der Waals surface area contributed by atoms with Crippen LogP contribution < -0.4 is 0 Å². The van der Waals surface area contributed by atoms with Gasteiger partial charge in [-0.3, -0.25) is 0 Å². The number of benzene rings is 1. The Kier molecular flexibility index (Phi) is 14.9. The van der Waals surface area contributed by atoms with Gasteiger partial charge in [-0.1, -0.05) is 127 Å². The maximum Gasteiger partial charge on any atom is 0.0716 e. The first-order chi connectivity index (χ1) is 13.2. The van der Waals surface area contributed by atoms with Gasteiger partial charge >= 0.3 is 0 Å². The lowest BCUT2D eigenvalue weighted by atomic mass is 9.89. The average molecular weight is 395 g/mol. The minimum Gasteiger partial charge on any atom is -0.396 e. The van der Waals surface area contributed by atoms with Gasteiger partial charge in [-0.25, -0.2) is 0 Å². The van der Waals surface area contributed by atoms with Crippen molar-refractivity contribution >= 4 is 11.6 Å². The van der Waals surface area contributed by atoms with Gasteiger partial charge in [0, 0.05) is 6.61 Å². The monoisotopic (exact) mass is 394 g/mol. The Bertz CT molecular complexity index is 433. The molecule has 1 nitrogen and oxygen atoms in total. The van der Waals surface area contributed by atoms with E-state index < -0.39 is 4.87 Å². The third-order valence-electron chi connectivity index (χ3n) is 5.73. The fraction of sp³-hybridized carbons (Fsp3) is 0.760. The van der Waals surface area contributed by atoms with E-state index in [9.17, 15) is 5.11 Å². The molecule has 0 saturated carbocycles. The van der Waals surface area contributed by atoms with Crippen LogP contribution in [0.15, 0.2) is 30.3 Å². The quantitative estimate of drug-likeness (QED) is 0.196. The highest BCUT2D eigenvalue weighted by Crippen LogP contribution is 2.37. The Morgan fingerprint density at radius 3 is 1.56 bits per heavy atom. The number of hydrogen-bond acceptors (Lipinski definition) is 1. The minimum atomic E-state index is -0.396. The summed E-state index contributed by atoms with van der Waals surface area (Å²) in [5.74, 6) is 0. The summed E-state index contributed by atoms with van der Waals surface area (Å²) in [4.78, 5) is -0.396. The smallest absolute Gasteiger partial charge is 0.0716 e. The third-order valence-corrected chi connectivity index (χ3v) is 6.32. The van der Waals surface area contributed by atoms with Crippen molar-refractivity contribution in [1.82, 2.24) is 0 Å². The van der Waals surface area contributed by atoms with E-state index in [2.05, 4.69) is 19.1 Å². The summed E-state index contributed by atoms with van der Waals surface area (Å²) < 4.78 is 0. The van der Waals surface area contributed by atoms with Crippen LogP contribution >= 0.6 is 11.6 Å². The first-order valence-electron chi connectivity index (χ1n) is 11.6. The lowest BCUT2D eigenvalue weighted by molar-refractivity contribution is 0.260. The summed E-state index contributed by atoms with van der Waals surface area (Å²) in [6.07, 6.45) is 20.8. The highest BCUT2D eigenvalue weighted by molar-refractivity contribution is 6.24. The highest BCUT2D eigenvalue weighted by Gasteiger charge is 2.28. The zero-order valence-corrected chi connectivity index (χ0v) is 18.5. The normalized spacial score (nSPS) is 13.6. The Labute approximate surface area is 173 Å². The third kappa shape index (κ3) is 11.8. The second kappa shape index (κ2) is 16.4. The van der Waals surface area contributed by atoms with Crippen LogP contribution in [-0.4, -0.2) is 11.7 Å². The van der Waals surface area contributed by atoms with E-state index in [0.717, 1.165) is 18.4 Å². The summed E-state index contributed by atoms with van der Waals surface area (Å²) in [5.41, 5.74) is 1.15. The molecule has 0 aromatic heterocycles. The molecular weight excluding hydrogens is 352 g/mol. The summed E-state index contributed by atoms with van der Waals surface area (Å²) in [6, 6.07) is 10.3. The van der Waals surface area contributed by atoms with Crippen molar-refractivity contribution in [3.63, 3.8) is 0 Å². The van der Waals surface area contributed by atoms with E-state index in [1.807, 2.05) is 18.2 Å². The summed E-state index contributed by atoms with van der Waals surface area (Å²) in [6.45, 7) is 2.43. The minimum absolute atomic E-state index is 0.150. The first-order valence-corrected chi connectivity index (χ1v) is 12.0. The molecule has 0 aliphatic rings. The van der Waals surface area contributed by atoms with Gasteiger partial charge in [-0.15, -0.1) is 11.6 Å². The summed E-state index contributed by atoms with van der Waals surface area (Å²) >= 11 is 6.86. The van der Waals surface area contributed by atoms with Crippen molar-refractivity contribution < 1.29 is 5.11 Å². The van der Waals surface area contributed by atoms with Gasteiger partial charge in [0.25, 0.3) is 0 Å². The topological polar surface area (TPSA) is 20.2 Å². The number of unbranched alkanes of at least 4 members (excludes halogenated alkanes) is 13. The number of aliphatic hydroxyl groups is 1. The zero-order valence-electron chi connectivity index (χ0n) is 17.7.